The molecular formula is C11H18N2. The first-order chi connectivity index (χ1) is 5.99. The Kier molecular flexibility index (Phi) is 4.82. The summed E-state index contributed by atoms with van der Waals surface area (Å²) in [6.45, 7) is 13.4. The van der Waals surface area contributed by atoms with E-state index in [-0.39, 0.29) is 0 Å². The van der Waals surface area contributed by atoms with Crippen LogP contribution in [-0.2, 0) is 0 Å². The molecule has 0 N–H and O–H groups in total. The highest BCUT2D eigenvalue weighted by Crippen LogP contribution is 2.11. The first kappa shape index (κ1) is 11.7. The average Bonchev–Trinajstić information content (AvgIpc) is 2.11. The minimum absolute atomic E-state index is 0.868. The molecule has 72 valence electrons. The van der Waals surface area contributed by atoms with Gasteiger partial charge in [0.05, 0.1) is 5.70 Å². The summed E-state index contributed by atoms with van der Waals surface area (Å²) in [6.07, 6.45) is 4.08. The number of likely N-dealkylation sites (N-methyl/N-ethyl adjacent to an activating group) is 1. The molecule has 0 fully saturated rings. The van der Waals surface area contributed by atoms with Gasteiger partial charge in [-0.05, 0) is 26.3 Å². The Hall–Kier alpha value is -1.31. The minimum Gasteiger partial charge on any atom is -0.270 e. The summed E-state index contributed by atoms with van der Waals surface area (Å²) in [6, 6.07) is 0. The Labute approximate surface area is 80.9 Å². The van der Waals surface area contributed by atoms with Crippen molar-refractivity contribution in [1.82, 2.24) is 5.01 Å². The van der Waals surface area contributed by atoms with Gasteiger partial charge < -0.3 is 0 Å². The molecule has 0 heterocycles. The number of nitrogens with zero attached hydrogens (tertiary/aromatic N) is 2. The first-order valence-corrected chi connectivity index (χ1v) is 4.20. The highest BCUT2D eigenvalue weighted by atomic mass is 15.4. The Morgan fingerprint density at radius 3 is 2.15 bits per heavy atom. The molecule has 0 spiro atoms. The summed E-state index contributed by atoms with van der Waals surface area (Å²) in [4.78, 5) is 0. The van der Waals surface area contributed by atoms with Crippen LogP contribution in [0.15, 0.2) is 40.7 Å². The maximum atomic E-state index is 3.90. The van der Waals surface area contributed by atoms with Crippen molar-refractivity contribution in [3.05, 3.63) is 35.6 Å². The predicted octanol–water partition coefficient (Wildman–Crippen LogP) is 2.96. The molecule has 0 radical (unpaired) electrons. The molecule has 2 heteroatoms. The van der Waals surface area contributed by atoms with Crippen LogP contribution in [0.5, 0.6) is 0 Å². The van der Waals surface area contributed by atoms with Crippen LogP contribution < -0.4 is 0 Å². The highest BCUT2D eigenvalue weighted by molar-refractivity contribution is 5.31. The molecule has 0 saturated heterocycles. The molecule has 0 aromatic rings. The van der Waals surface area contributed by atoms with Crippen LogP contribution in [0.4, 0.5) is 0 Å². The second kappa shape index (κ2) is 5.36. The zero-order valence-electron chi connectivity index (χ0n) is 8.96. The van der Waals surface area contributed by atoms with E-state index in [1.807, 2.05) is 20.0 Å². The molecule has 2 nitrogen and oxygen atoms in total. The molecule has 0 amide bonds. The molecule has 0 aromatic heterocycles. The molecule has 0 aliphatic rings. The Balaban J connectivity index is 4.51. The second-order valence-corrected chi connectivity index (χ2v) is 3.21. The fourth-order valence-electron chi connectivity index (χ4n) is 0.728. The molecule has 0 atom stereocenters. The minimum atomic E-state index is 0.868. The predicted molar refractivity (Wildman–Crippen MR) is 59.6 cm³/mol. The van der Waals surface area contributed by atoms with Crippen LogP contribution in [0.3, 0.4) is 0 Å². The van der Waals surface area contributed by atoms with E-state index in [0.29, 0.717) is 0 Å². The maximum absolute atomic E-state index is 3.90. The van der Waals surface area contributed by atoms with Gasteiger partial charge in [-0.2, -0.15) is 5.10 Å². The quantitative estimate of drug-likeness (QED) is 0.367. The van der Waals surface area contributed by atoms with Gasteiger partial charge in [-0.3, -0.25) is 5.01 Å². The maximum Gasteiger partial charge on any atom is 0.0547 e. The SMILES string of the molecule is C=NN(C)C(=C)/C(C)=C\C=C(C)C. The molecule has 0 rings (SSSR count). The number of hydrazone groups is 1. The Bertz CT molecular complexity index is 255. The standard InChI is InChI=1S/C11H18N2/c1-9(2)7-8-10(3)11(4)13(6)12-5/h7-8H,4-5H2,1-3,6H3/b10-8-. The van der Waals surface area contributed by atoms with Crippen molar-refractivity contribution in [3.8, 4) is 0 Å². The lowest BCUT2D eigenvalue weighted by Crippen LogP contribution is -2.09. The summed E-state index contributed by atoms with van der Waals surface area (Å²) in [7, 11) is 1.83. The van der Waals surface area contributed by atoms with Gasteiger partial charge in [-0.15, -0.1) is 0 Å². The Morgan fingerprint density at radius 2 is 1.77 bits per heavy atom. The largest absolute Gasteiger partial charge is 0.270 e. The number of hydrogen-bond acceptors (Lipinski definition) is 2. The van der Waals surface area contributed by atoms with Gasteiger partial charge in [-0.25, -0.2) is 0 Å². The zero-order chi connectivity index (χ0) is 10.4. The van der Waals surface area contributed by atoms with Gasteiger partial charge in [0.25, 0.3) is 0 Å². The third-order valence-electron chi connectivity index (χ3n) is 1.72. The van der Waals surface area contributed by atoms with Gasteiger partial charge >= 0.3 is 0 Å². The third-order valence-corrected chi connectivity index (χ3v) is 1.72. The third kappa shape index (κ3) is 4.31. The van der Waals surface area contributed by atoms with Crippen molar-refractivity contribution >= 4 is 6.72 Å². The molecule has 0 saturated carbocycles. The normalized spacial score (nSPS) is 10.6. The van der Waals surface area contributed by atoms with E-state index >= 15 is 0 Å². The van der Waals surface area contributed by atoms with Crippen molar-refractivity contribution in [2.24, 2.45) is 5.10 Å². The fraction of sp³-hybridized carbons (Fsp3) is 0.364. The van der Waals surface area contributed by atoms with Crippen LogP contribution in [-0.4, -0.2) is 18.8 Å². The Morgan fingerprint density at radius 1 is 1.23 bits per heavy atom. The number of allylic oxidation sites excluding steroid dienone is 4. The van der Waals surface area contributed by atoms with Crippen LogP contribution in [0, 0.1) is 0 Å². The molecule has 0 unspecified atom stereocenters. The van der Waals surface area contributed by atoms with E-state index in [4.69, 9.17) is 0 Å². The van der Waals surface area contributed by atoms with Crippen molar-refractivity contribution in [2.75, 3.05) is 7.05 Å². The second-order valence-electron chi connectivity index (χ2n) is 3.21. The van der Waals surface area contributed by atoms with E-state index in [0.717, 1.165) is 11.3 Å². The van der Waals surface area contributed by atoms with Crippen LogP contribution in [0.1, 0.15) is 20.8 Å². The topological polar surface area (TPSA) is 15.6 Å². The average molecular weight is 178 g/mol. The highest BCUT2D eigenvalue weighted by Gasteiger charge is 1.99. The monoisotopic (exact) mass is 178 g/mol. The van der Waals surface area contributed by atoms with E-state index in [1.165, 1.54) is 5.57 Å². The van der Waals surface area contributed by atoms with E-state index in [9.17, 15) is 0 Å². The molecular weight excluding hydrogens is 160 g/mol. The first-order valence-electron chi connectivity index (χ1n) is 4.20. The smallest absolute Gasteiger partial charge is 0.0547 e. The summed E-state index contributed by atoms with van der Waals surface area (Å²) >= 11 is 0. The summed E-state index contributed by atoms with van der Waals surface area (Å²) in [5.74, 6) is 0. The number of rotatable bonds is 4. The molecule has 0 bridgehead atoms. The number of hydrogen-bond donors (Lipinski definition) is 0. The van der Waals surface area contributed by atoms with Crippen molar-refractivity contribution in [2.45, 2.75) is 20.8 Å². The van der Waals surface area contributed by atoms with Crippen molar-refractivity contribution in [1.29, 1.82) is 0 Å². The molecule has 0 aliphatic carbocycles. The van der Waals surface area contributed by atoms with Gasteiger partial charge in [0.2, 0.25) is 0 Å². The van der Waals surface area contributed by atoms with E-state index in [1.54, 1.807) is 5.01 Å². The zero-order valence-corrected chi connectivity index (χ0v) is 8.96. The molecule has 0 aromatic carbocycles. The van der Waals surface area contributed by atoms with Gasteiger partial charge in [-0.1, -0.05) is 24.3 Å². The van der Waals surface area contributed by atoms with Gasteiger partial charge in [0.1, 0.15) is 0 Å². The summed E-state index contributed by atoms with van der Waals surface area (Å²) in [5.41, 5.74) is 3.23. The van der Waals surface area contributed by atoms with Crippen molar-refractivity contribution < 1.29 is 0 Å². The van der Waals surface area contributed by atoms with Gasteiger partial charge in [0.15, 0.2) is 0 Å². The van der Waals surface area contributed by atoms with Gasteiger partial charge in [0, 0.05) is 13.8 Å². The summed E-state index contributed by atoms with van der Waals surface area (Å²) in [5, 5.41) is 5.42. The summed E-state index contributed by atoms with van der Waals surface area (Å²) < 4.78 is 0. The van der Waals surface area contributed by atoms with Crippen molar-refractivity contribution in [3.63, 3.8) is 0 Å². The van der Waals surface area contributed by atoms with E-state index < -0.39 is 0 Å². The molecule has 13 heavy (non-hydrogen) atoms. The van der Waals surface area contributed by atoms with Crippen LogP contribution in [0.25, 0.3) is 0 Å². The van der Waals surface area contributed by atoms with Crippen LogP contribution >= 0.6 is 0 Å². The van der Waals surface area contributed by atoms with E-state index in [2.05, 4.69) is 38.3 Å². The lowest BCUT2D eigenvalue weighted by molar-refractivity contribution is 0.461. The lowest BCUT2D eigenvalue weighted by Gasteiger charge is -2.14. The molecule has 0 aliphatic heterocycles. The lowest BCUT2D eigenvalue weighted by atomic mass is 10.2. The fourth-order valence-corrected chi connectivity index (χ4v) is 0.728. The van der Waals surface area contributed by atoms with Crippen LogP contribution in [0.2, 0.25) is 0 Å².